The van der Waals surface area contributed by atoms with Crippen molar-refractivity contribution in [1.82, 2.24) is 15.4 Å². The van der Waals surface area contributed by atoms with Crippen LogP contribution in [0.25, 0.3) is 0 Å². The van der Waals surface area contributed by atoms with Gasteiger partial charge in [0.2, 0.25) is 10.0 Å². The zero-order chi connectivity index (χ0) is 18.7. The lowest BCUT2D eigenvalue weighted by Gasteiger charge is -2.12. The summed E-state index contributed by atoms with van der Waals surface area (Å²) in [6, 6.07) is 6.59. The summed E-state index contributed by atoms with van der Waals surface area (Å²) in [5.74, 6) is 0.879. The summed E-state index contributed by atoms with van der Waals surface area (Å²) < 4.78 is 25.3. The zero-order valence-electron chi connectivity index (χ0n) is 15.9. The molecular weight excluding hydrogens is 336 g/mol. The Bertz CT molecular complexity index is 637. The number of aryl methyl sites for hydroxylation is 2. The Morgan fingerprint density at radius 2 is 1.72 bits per heavy atom. The van der Waals surface area contributed by atoms with Crippen LogP contribution < -0.4 is 15.4 Å². The lowest BCUT2D eigenvalue weighted by atomic mass is 10.1. The molecule has 142 valence electrons. The van der Waals surface area contributed by atoms with Crippen LogP contribution in [0, 0.1) is 13.8 Å². The summed E-state index contributed by atoms with van der Waals surface area (Å²) in [7, 11) is -3.11. The van der Waals surface area contributed by atoms with E-state index in [4.69, 9.17) is 0 Å². The average Bonchev–Trinajstić information content (AvgIpc) is 2.53. The Morgan fingerprint density at radius 3 is 2.32 bits per heavy atom. The first-order valence-corrected chi connectivity index (χ1v) is 10.6. The van der Waals surface area contributed by atoms with Crippen LogP contribution in [0.4, 0.5) is 0 Å². The summed E-state index contributed by atoms with van der Waals surface area (Å²) in [5.41, 5.74) is 3.88. The molecule has 1 rings (SSSR count). The molecule has 0 bridgehead atoms. The van der Waals surface area contributed by atoms with E-state index in [2.05, 4.69) is 52.4 Å². The van der Waals surface area contributed by atoms with Crippen LogP contribution in [-0.4, -0.2) is 46.3 Å². The number of rotatable bonds is 10. The smallest absolute Gasteiger partial charge is 0.211 e. The van der Waals surface area contributed by atoms with E-state index in [-0.39, 0.29) is 5.75 Å². The van der Waals surface area contributed by atoms with E-state index in [1.165, 1.54) is 16.7 Å². The first-order valence-electron chi connectivity index (χ1n) is 8.93. The highest BCUT2D eigenvalue weighted by molar-refractivity contribution is 7.89. The van der Waals surface area contributed by atoms with Crippen molar-refractivity contribution < 1.29 is 8.42 Å². The van der Waals surface area contributed by atoms with E-state index in [1.807, 2.05) is 6.92 Å². The van der Waals surface area contributed by atoms with Gasteiger partial charge in [0.1, 0.15) is 0 Å². The minimum atomic E-state index is -3.11. The highest BCUT2D eigenvalue weighted by Gasteiger charge is 2.04. The molecule has 1 aromatic rings. The maximum atomic E-state index is 11.4. The summed E-state index contributed by atoms with van der Waals surface area (Å²) in [6.07, 6.45) is 1.61. The van der Waals surface area contributed by atoms with Crippen molar-refractivity contribution in [3.05, 3.63) is 34.9 Å². The molecule has 0 saturated carbocycles. The SMILES string of the molecule is CCNC(=NCCCNS(=O)(=O)CC)NCCc1cc(C)cc(C)c1. The van der Waals surface area contributed by atoms with Crippen molar-refractivity contribution in [2.75, 3.05) is 31.9 Å². The van der Waals surface area contributed by atoms with E-state index in [1.54, 1.807) is 6.92 Å². The van der Waals surface area contributed by atoms with E-state index < -0.39 is 10.0 Å². The fraction of sp³-hybridized carbons (Fsp3) is 0.611. The second kappa shape index (κ2) is 11.1. The monoisotopic (exact) mass is 368 g/mol. The topological polar surface area (TPSA) is 82.6 Å². The van der Waals surface area contributed by atoms with Crippen molar-refractivity contribution in [3.8, 4) is 0 Å². The summed E-state index contributed by atoms with van der Waals surface area (Å²) >= 11 is 0. The molecule has 3 N–H and O–H groups in total. The Balaban J connectivity index is 2.40. The zero-order valence-corrected chi connectivity index (χ0v) is 16.7. The van der Waals surface area contributed by atoms with E-state index in [0.29, 0.717) is 19.5 Å². The van der Waals surface area contributed by atoms with Crippen molar-refractivity contribution in [1.29, 1.82) is 0 Å². The van der Waals surface area contributed by atoms with Crippen LogP contribution in [0.15, 0.2) is 23.2 Å². The van der Waals surface area contributed by atoms with Crippen molar-refractivity contribution >= 4 is 16.0 Å². The normalized spacial score (nSPS) is 12.2. The fourth-order valence-corrected chi connectivity index (χ4v) is 3.14. The molecule has 0 aromatic heterocycles. The van der Waals surface area contributed by atoms with E-state index in [0.717, 1.165) is 25.5 Å². The molecule has 0 atom stereocenters. The van der Waals surface area contributed by atoms with Crippen LogP contribution >= 0.6 is 0 Å². The average molecular weight is 369 g/mol. The number of benzene rings is 1. The van der Waals surface area contributed by atoms with Crippen LogP contribution in [0.1, 0.15) is 37.0 Å². The number of hydrogen-bond donors (Lipinski definition) is 3. The van der Waals surface area contributed by atoms with Crippen LogP contribution in [-0.2, 0) is 16.4 Å². The van der Waals surface area contributed by atoms with Crippen LogP contribution in [0.3, 0.4) is 0 Å². The predicted molar refractivity (Wildman–Crippen MR) is 106 cm³/mol. The first-order chi connectivity index (χ1) is 11.9. The standard InChI is InChI=1S/C18H32N4O2S/c1-5-19-18(20-9-7-10-22-25(23,24)6-2)21-11-8-17-13-15(3)12-16(4)14-17/h12-14,22H,5-11H2,1-4H3,(H2,19,20,21). The highest BCUT2D eigenvalue weighted by Crippen LogP contribution is 2.08. The molecule has 0 fully saturated rings. The van der Waals surface area contributed by atoms with Crippen LogP contribution in [0.5, 0.6) is 0 Å². The van der Waals surface area contributed by atoms with Gasteiger partial charge in [-0.3, -0.25) is 4.99 Å². The molecule has 0 heterocycles. The Morgan fingerprint density at radius 1 is 1.04 bits per heavy atom. The first kappa shape index (κ1) is 21.4. The lowest BCUT2D eigenvalue weighted by molar-refractivity contribution is 0.581. The molecule has 6 nitrogen and oxygen atoms in total. The molecule has 0 spiro atoms. The molecule has 0 radical (unpaired) electrons. The molecule has 0 saturated heterocycles. The Kier molecular flexibility index (Phi) is 9.52. The molecule has 0 aliphatic carbocycles. The van der Waals surface area contributed by atoms with Gasteiger partial charge in [0, 0.05) is 26.2 Å². The van der Waals surface area contributed by atoms with Gasteiger partial charge in [-0.15, -0.1) is 0 Å². The van der Waals surface area contributed by atoms with Gasteiger partial charge in [-0.1, -0.05) is 29.3 Å². The molecule has 0 unspecified atom stereocenters. The minimum Gasteiger partial charge on any atom is -0.357 e. The number of aliphatic imine (C=N–C) groups is 1. The van der Waals surface area contributed by atoms with E-state index >= 15 is 0 Å². The molecule has 0 aliphatic rings. The molecule has 0 aliphatic heterocycles. The van der Waals surface area contributed by atoms with Gasteiger partial charge >= 0.3 is 0 Å². The van der Waals surface area contributed by atoms with Gasteiger partial charge in [-0.05, 0) is 46.1 Å². The van der Waals surface area contributed by atoms with Crippen molar-refractivity contribution in [3.63, 3.8) is 0 Å². The predicted octanol–water partition coefficient (Wildman–Crippen LogP) is 1.73. The number of sulfonamides is 1. The van der Waals surface area contributed by atoms with Crippen molar-refractivity contribution in [2.24, 2.45) is 4.99 Å². The van der Waals surface area contributed by atoms with Gasteiger partial charge in [0.15, 0.2) is 5.96 Å². The van der Waals surface area contributed by atoms with Gasteiger partial charge in [-0.25, -0.2) is 13.1 Å². The maximum Gasteiger partial charge on any atom is 0.211 e. The van der Waals surface area contributed by atoms with Gasteiger partial charge in [0.05, 0.1) is 5.75 Å². The number of nitrogens with one attached hydrogen (secondary N) is 3. The number of hydrogen-bond acceptors (Lipinski definition) is 3. The van der Waals surface area contributed by atoms with Crippen LogP contribution in [0.2, 0.25) is 0 Å². The third-order valence-corrected chi connectivity index (χ3v) is 5.04. The molecular formula is C18H32N4O2S. The largest absolute Gasteiger partial charge is 0.357 e. The minimum absolute atomic E-state index is 0.110. The van der Waals surface area contributed by atoms with Gasteiger partial charge in [-0.2, -0.15) is 0 Å². The lowest BCUT2D eigenvalue weighted by Crippen LogP contribution is -2.38. The van der Waals surface area contributed by atoms with Gasteiger partial charge in [0.25, 0.3) is 0 Å². The number of nitrogens with zero attached hydrogens (tertiary/aromatic N) is 1. The Labute approximate surface area is 152 Å². The number of guanidine groups is 1. The second-order valence-electron chi connectivity index (χ2n) is 6.08. The summed E-state index contributed by atoms with van der Waals surface area (Å²) in [6.45, 7) is 10.5. The van der Waals surface area contributed by atoms with Gasteiger partial charge < -0.3 is 10.6 Å². The third kappa shape index (κ3) is 9.45. The molecule has 7 heteroatoms. The summed E-state index contributed by atoms with van der Waals surface area (Å²) in [5, 5.41) is 6.54. The van der Waals surface area contributed by atoms with E-state index in [9.17, 15) is 8.42 Å². The second-order valence-corrected chi connectivity index (χ2v) is 8.18. The molecule has 25 heavy (non-hydrogen) atoms. The summed E-state index contributed by atoms with van der Waals surface area (Å²) in [4.78, 5) is 4.48. The molecule has 1 aromatic carbocycles. The fourth-order valence-electron chi connectivity index (χ4n) is 2.48. The maximum absolute atomic E-state index is 11.4. The quantitative estimate of drug-likeness (QED) is 0.334. The Hall–Kier alpha value is -1.60. The third-order valence-electron chi connectivity index (χ3n) is 3.64. The van der Waals surface area contributed by atoms with Crippen molar-refractivity contribution in [2.45, 2.75) is 40.5 Å². The highest BCUT2D eigenvalue weighted by atomic mass is 32.2. The molecule has 0 amide bonds.